The fraction of sp³-hybridized carbons (Fsp3) is 0.591. The molecule has 1 amide bonds. The van der Waals surface area contributed by atoms with Gasteiger partial charge in [0.25, 0.3) is 5.91 Å². The largest absolute Gasteiger partial charge is 0.382 e. The van der Waals surface area contributed by atoms with E-state index in [0.717, 1.165) is 0 Å². The highest BCUT2D eigenvalue weighted by Crippen LogP contribution is 2.34. The van der Waals surface area contributed by atoms with Crippen LogP contribution in [0.15, 0.2) is 10.6 Å². The molecule has 1 aliphatic rings. The summed E-state index contributed by atoms with van der Waals surface area (Å²) in [6.45, 7) is 4.86. The summed E-state index contributed by atoms with van der Waals surface area (Å²) in [6, 6.07) is 1.42. The van der Waals surface area contributed by atoms with Gasteiger partial charge in [0.15, 0.2) is 17.8 Å². The molecular formula is C22H30FN3O7. The van der Waals surface area contributed by atoms with Crippen LogP contribution in [0.1, 0.15) is 34.7 Å². The number of carbonyl (C=O) groups excluding carboxylic acids is 2. The van der Waals surface area contributed by atoms with E-state index in [1.165, 1.54) is 27.4 Å². The minimum absolute atomic E-state index is 0.0892. The van der Waals surface area contributed by atoms with E-state index in [0.29, 0.717) is 19.4 Å². The molecule has 1 aromatic carbocycles. The fourth-order valence-electron chi connectivity index (χ4n) is 4.35. The lowest BCUT2D eigenvalue weighted by molar-refractivity contribution is -0.00543. The second-order valence-electron chi connectivity index (χ2n) is 8.35. The molecule has 1 aromatic heterocycles. The zero-order valence-corrected chi connectivity index (χ0v) is 19.5. The van der Waals surface area contributed by atoms with Crippen LogP contribution in [0.2, 0.25) is 0 Å². The number of hydrogen-bond acceptors (Lipinski definition) is 9. The van der Waals surface area contributed by atoms with Crippen LogP contribution in [-0.4, -0.2) is 89.3 Å². The van der Waals surface area contributed by atoms with Crippen molar-refractivity contribution in [3.63, 3.8) is 0 Å². The summed E-state index contributed by atoms with van der Waals surface area (Å²) in [7, 11) is 4.45. The molecule has 2 unspecified atom stereocenters. The summed E-state index contributed by atoms with van der Waals surface area (Å²) < 4.78 is 42.2. The molecule has 2 aromatic rings. The van der Waals surface area contributed by atoms with E-state index in [2.05, 4.69) is 10.5 Å². The van der Waals surface area contributed by atoms with Crippen LogP contribution in [0.5, 0.6) is 0 Å². The molecule has 10 nitrogen and oxygen atoms in total. The molecule has 3 rings (SSSR count). The van der Waals surface area contributed by atoms with E-state index in [9.17, 15) is 9.59 Å². The first-order chi connectivity index (χ1) is 15.8. The van der Waals surface area contributed by atoms with Crippen molar-refractivity contribution in [2.24, 2.45) is 0 Å². The average molecular weight is 467 g/mol. The summed E-state index contributed by atoms with van der Waals surface area (Å²) in [4.78, 5) is 26.7. The Kier molecular flexibility index (Phi) is 8.01. The van der Waals surface area contributed by atoms with Gasteiger partial charge in [0.05, 0.1) is 43.1 Å². The number of ether oxygens (including phenoxy) is 4. The van der Waals surface area contributed by atoms with Crippen molar-refractivity contribution >= 4 is 28.8 Å². The Bertz CT molecular complexity index is 969. The Morgan fingerprint density at radius 1 is 1.21 bits per heavy atom. The molecule has 33 heavy (non-hydrogen) atoms. The van der Waals surface area contributed by atoms with Gasteiger partial charge in [-0.15, -0.1) is 0 Å². The van der Waals surface area contributed by atoms with E-state index < -0.39 is 17.3 Å². The number of aromatic nitrogens is 1. The maximum Gasteiger partial charge on any atom is 0.274 e. The lowest BCUT2D eigenvalue weighted by Gasteiger charge is -2.37. The molecular weight excluding hydrogens is 437 g/mol. The van der Waals surface area contributed by atoms with Gasteiger partial charge in [-0.1, -0.05) is 5.16 Å². The van der Waals surface area contributed by atoms with E-state index in [-0.39, 0.29) is 59.9 Å². The lowest BCUT2D eigenvalue weighted by Crippen LogP contribution is -2.58. The van der Waals surface area contributed by atoms with Crippen molar-refractivity contribution in [3.8, 4) is 0 Å². The van der Waals surface area contributed by atoms with E-state index in [1.807, 2.05) is 13.8 Å². The number of anilines is 1. The van der Waals surface area contributed by atoms with Gasteiger partial charge in [-0.3, -0.25) is 9.59 Å². The zero-order valence-electron chi connectivity index (χ0n) is 19.5. The van der Waals surface area contributed by atoms with Crippen LogP contribution >= 0.6 is 0 Å². The number of rotatable bonds is 10. The Morgan fingerprint density at radius 2 is 1.79 bits per heavy atom. The van der Waals surface area contributed by atoms with Crippen molar-refractivity contribution in [2.75, 3.05) is 59.1 Å². The normalized spacial score (nSPS) is 19.2. The van der Waals surface area contributed by atoms with Gasteiger partial charge in [0.1, 0.15) is 5.54 Å². The molecule has 1 fully saturated rings. The highest BCUT2D eigenvalue weighted by Gasteiger charge is 2.35. The number of hydrogen-bond donors (Lipinski definition) is 1. The monoisotopic (exact) mass is 467 g/mol. The van der Waals surface area contributed by atoms with E-state index in [1.54, 1.807) is 4.90 Å². The van der Waals surface area contributed by atoms with Crippen LogP contribution in [0.4, 0.5) is 10.1 Å². The second kappa shape index (κ2) is 10.6. The number of fused-ring (bicyclic) bond motifs is 1. The third-order valence-electron chi connectivity index (χ3n) is 5.43. The topological polar surface area (TPSA) is 112 Å². The molecule has 0 radical (unpaired) electrons. The summed E-state index contributed by atoms with van der Waals surface area (Å²) in [5.74, 6) is -1.39. The standard InChI is InChI=1S/C22H30FN3O7/c1-13-7-26(8-14(2)32-13)19-15(9-27)6-16-18(25-33-20(16)17(19)23)21(28)24-22(10-29-3,11-30-4)12-31-5/h6,9,13-14H,7-8,10-12H2,1-5H3,(H,24,28). The Labute approximate surface area is 191 Å². The molecule has 0 bridgehead atoms. The summed E-state index contributed by atoms with van der Waals surface area (Å²) in [6.07, 6.45) is 0.271. The molecule has 0 spiro atoms. The maximum atomic E-state index is 15.6. The quantitative estimate of drug-likeness (QED) is 0.523. The molecule has 1 N–H and O–H groups in total. The predicted molar refractivity (Wildman–Crippen MR) is 117 cm³/mol. The summed E-state index contributed by atoms with van der Waals surface area (Å²) in [5.41, 5.74) is -1.17. The van der Waals surface area contributed by atoms with Crippen molar-refractivity contribution in [1.82, 2.24) is 10.5 Å². The Morgan fingerprint density at radius 3 is 2.30 bits per heavy atom. The van der Waals surface area contributed by atoms with Crippen molar-refractivity contribution in [1.29, 1.82) is 0 Å². The van der Waals surface area contributed by atoms with Crippen LogP contribution in [0.3, 0.4) is 0 Å². The molecule has 2 atom stereocenters. The summed E-state index contributed by atoms with van der Waals surface area (Å²) >= 11 is 0. The number of methoxy groups -OCH3 is 3. The number of aldehydes is 1. The van der Waals surface area contributed by atoms with Crippen LogP contribution < -0.4 is 10.2 Å². The van der Waals surface area contributed by atoms with Gasteiger partial charge in [-0.25, -0.2) is 4.39 Å². The average Bonchev–Trinajstić information content (AvgIpc) is 3.18. The first-order valence-electron chi connectivity index (χ1n) is 10.6. The first kappa shape index (κ1) is 25.0. The third kappa shape index (κ3) is 5.16. The predicted octanol–water partition coefficient (Wildman–Crippen LogP) is 1.80. The van der Waals surface area contributed by atoms with Crippen LogP contribution in [0.25, 0.3) is 11.0 Å². The van der Waals surface area contributed by atoms with Gasteiger partial charge >= 0.3 is 0 Å². The molecule has 1 aliphatic heterocycles. The number of halogens is 1. The first-order valence-corrected chi connectivity index (χ1v) is 10.6. The zero-order chi connectivity index (χ0) is 24.2. The molecule has 2 heterocycles. The lowest BCUT2D eigenvalue weighted by atomic mass is 10.0. The Hall–Kier alpha value is -2.60. The number of nitrogens with zero attached hydrogens (tertiary/aromatic N) is 2. The number of morpholine rings is 1. The minimum Gasteiger partial charge on any atom is -0.382 e. The summed E-state index contributed by atoms with van der Waals surface area (Å²) in [5, 5.41) is 6.69. The molecule has 0 aliphatic carbocycles. The van der Waals surface area contributed by atoms with Gasteiger partial charge in [0, 0.05) is 40.0 Å². The van der Waals surface area contributed by atoms with Gasteiger partial charge in [-0.05, 0) is 19.9 Å². The molecule has 0 saturated carbocycles. The highest BCUT2D eigenvalue weighted by molar-refractivity contribution is 6.07. The SMILES string of the molecule is COCC(COC)(COC)NC(=O)c1noc2c(F)c(N3CC(C)OC(C)C3)c(C=O)cc12. The number of carbonyl (C=O) groups is 2. The minimum atomic E-state index is -1.01. The van der Waals surface area contributed by atoms with Crippen molar-refractivity contribution in [2.45, 2.75) is 31.6 Å². The maximum absolute atomic E-state index is 15.6. The van der Waals surface area contributed by atoms with Gasteiger partial charge < -0.3 is 33.7 Å². The third-order valence-corrected chi connectivity index (χ3v) is 5.43. The van der Waals surface area contributed by atoms with E-state index in [4.69, 9.17) is 23.5 Å². The van der Waals surface area contributed by atoms with Gasteiger partial charge in [0.2, 0.25) is 5.58 Å². The van der Waals surface area contributed by atoms with Crippen LogP contribution in [0, 0.1) is 5.82 Å². The highest BCUT2D eigenvalue weighted by atomic mass is 19.1. The smallest absolute Gasteiger partial charge is 0.274 e. The number of benzene rings is 1. The number of nitrogens with one attached hydrogen (secondary N) is 1. The van der Waals surface area contributed by atoms with Crippen molar-refractivity contribution < 1.29 is 37.5 Å². The van der Waals surface area contributed by atoms with Crippen LogP contribution in [-0.2, 0) is 18.9 Å². The van der Waals surface area contributed by atoms with Gasteiger partial charge in [-0.2, -0.15) is 0 Å². The Balaban J connectivity index is 2.01. The van der Waals surface area contributed by atoms with E-state index >= 15 is 4.39 Å². The fourth-order valence-corrected chi connectivity index (χ4v) is 4.35. The van der Waals surface area contributed by atoms with Crippen molar-refractivity contribution in [3.05, 3.63) is 23.1 Å². The molecule has 1 saturated heterocycles. The number of amides is 1. The molecule has 11 heteroatoms. The second-order valence-corrected chi connectivity index (χ2v) is 8.35. The molecule has 182 valence electrons.